The molecule has 1 aromatic carbocycles. The Morgan fingerprint density at radius 3 is 2.46 bits per heavy atom. The maximum atomic E-state index is 11.6. The van der Waals surface area contributed by atoms with E-state index in [-0.39, 0.29) is 4.90 Å². The van der Waals surface area contributed by atoms with E-state index >= 15 is 0 Å². The number of piperidine rings is 1. The Balaban J connectivity index is 1.90. The third kappa shape index (κ3) is 3.32. The lowest BCUT2D eigenvalue weighted by atomic mass is 9.91. The van der Waals surface area contributed by atoms with Gasteiger partial charge in [0.15, 0.2) is 9.84 Å². The zero-order chi connectivity index (χ0) is 17.4. The molecule has 0 amide bonds. The minimum Gasteiger partial charge on any atom is -0.317 e. The topological polar surface area (TPSA) is 94.0 Å². The van der Waals surface area contributed by atoms with Crippen LogP contribution in [0.4, 0.5) is 0 Å². The number of sulfone groups is 1. The number of hydrogen-bond acceptors (Lipinski definition) is 7. The van der Waals surface area contributed by atoms with Gasteiger partial charge >= 0.3 is 0 Å². The number of hydroxylamine groups is 1. The molecular formula is C16H24N4O3S. The van der Waals surface area contributed by atoms with Gasteiger partial charge in [-0.25, -0.2) is 8.42 Å². The molecule has 1 fully saturated rings. The molecule has 1 aromatic rings. The predicted molar refractivity (Wildman–Crippen MR) is 92.0 cm³/mol. The Hall–Kier alpha value is -1.48. The number of benzene rings is 1. The van der Waals surface area contributed by atoms with Crippen LogP contribution in [-0.4, -0.2) is 61.8 Å². The van der Waals surface area contributed by atoms with Crippen molar-refractivity contribution in [1.29, 1.82) is 0 Å². The molecule has 132 valence electrons. The van der Waals surface area contributed by atoms with Crippen LogP contribution in [0, 0.1) is 0 Å². The first-order chi connectivity index (χ1) is 11.3. The molecule has 2 heterocycles. The van der Waals surface area contributed by atoms with Crippen molar-refractivity contribution in [3.8, 4) is 0 Å². The molecule has 24 heavy (non-hydrogen) atoms. The van der Waals surface area contributed by atoms with Gasteiger partial charge in [-0.2, -0.15) is 10.6 Å². The van der Waals surface area contributed by atoms with Gasteiger partial charge in [0.2, 0.25) is 0 Å². The number of nitrogens with one attached hydrogen (secondary N) is 2. The van der Waals surface area contributed by atoms with Crippen LogP contribution < -0.4 is 10.8 Å². The zero-order valence-electron chi connectivity index (χ0n) is 14.0. The van der Waals surface area contributed by atoms with Crippen molar-refractivity contribution in [3.63, 3.8) is 0 Å². The van der Waals surface area contributed by atoms with Gasteiger partial charge in [-0.15, -0.1) is 0 Å². The molecule has 0 aliphatic carbocycles. The second-order valence-electron chi connectivity index (χ2n) is 6.77. The van der Waals surface area contributed by atoms with Gasteiger partial charge in [-0.3, -0.25) is 5.01 Å². The Labute approximate surface area is 142 Å². The summed E-state index contributed by atoms with van der Waals surface area (Å²) < 4.78 is 23.2. The van der Waals surface area contributed by atoms with E-state index in [9.17, 15) is 13.6 Å². The fourth-order valence-corrected chi connectivity index (χ4v) is 3.94. The smallest absolute Gasteiger partial charge is 0.175 e. The van der Waals surface area contributed by atoms with E-state index in [1.54, 1.807) is 24.3 Å². The van der Waals surface area contributed by atoms with E-state index in [0.717, 1.165) is 37.2 Å². The van der Waals surface area contributed by atoms with Crippen LogP contribution in [0.3, 0.4) is 0 Å². The molecule has 3 N–H and O–H groups in total. The quantitative estimate of drug-likeness (QED) is 0.687. The molecule has 0 spiro atoms. The lowest BCUT2D eigenvalue weighted by Crippen LogP contribution is -2.52. The van der Waals surface area contributed by atoms with Crippen LogP contribution in [0.15, 0.2) is 34.3 Å². The summed E-state index contributed by atoms with van der Waals surface area (Å²) in [6, 6.07) is 7.01. The van der Waals surface area contributed by atoms with Crippen LogP contribution >= 0.6 is 0 Å². The third-order valence-corrected chi connectivity index (χ3v) is 5.89. The van der Waals surface area contributed by atoms with E-state index in [2.05, 4.69) is 10.8 Å². The monoisotopic (exact) mass is 352 g/mol. The Kier molecular flexibility index (Phi) is 4.65. The molecule has 0 bridgehead atoms. The number of rotatable bonds is 4. The van der Waals surface area contributed by atoms with Crippen LogP contribution in [0.1, 0.15) is 25.3 Å². The minimum atomic E-state index is -3.23. The van der Waals surface area contributed by atoms with Crippen molar-refractivity contribution in [2.75, 3.05) is 25.9 Å². The first kappa shape index (κ1) is 17.3. The first-order valence-corrected chi connectivity index (χ1v) is 10.0. The summed E-state index contributed by atoms with van der Waals surface area (Å²) in [5.41, 5.74) is 3.25. The van der Waals surface area contributed by atoms with Crippen molar-refractivity contribution in [2.24, 2.45) is 5.10 Å². The van der Waals surface area contributed by atoms with Gasteiger partial charge in [-0.1, -0.05) is 12.1 Å². The van der Waals surface area contributed by atoms with Gasteiger partial charge < -0.3 is 10.5 Å². The van der Waals surface area contributed by atoms with Gasteiger partial charge in [0.1, 0.15) is 5.54 Å². The number of hydrogen-bond donors (Lipinski definition) is 3. The van der Waals surface area contributed by atoms with Crippen molar-refractivity contribution < 1.29 is 13.6 Å². The molecule has 1 saturated heterocycles. The average Bonchev–Trinajstić information content (AvgIpc) is 2.93. The molecule has 0 saturated carbocycles. The zero-order valence-corrected chi connectivity index (χ0v) is 14.8. The van der Waals surface area contributed by atoms with E-state index in [4.69, 9.17) is 5.10 Å². The molecule has 8 heteroatoms. The Morgan fingerprint density at radius 1 is 1.29 bits per heavy atom. The fraction of sp³-hybridized carbons (Fsp3) is 0.562. The minimum absolute atomic E-state index is 0.277. The predicted octanol–water partition coefficient (Wildman–Crippen LogP) is 0.599. The van der Waals surface area contributed by atoms with Gasteiger partial charge in [0.25, 0.3) is 0 Å². The molecule has 0 radical (unpaired) electrons. The molecule has 2 aliphatic rings. The van der Waals surface area contributed by atoms with E-state index in [1.807, 2.05) is 11.9 Å². The van der Waals surface area contributed by atoms with Gasteiger partial charge in [-0.05, 0) is 50.6 Å². The molecule has 1 atom stereocenters. The highest BCUT2D eigenvalue weighted by Gasteiger charge is 2.41. The molecule has 1 unspecified atom stereocenters. The summed E-state index contributed by atoms with van der Waals surface area (Å²) in [4.78, 5) is 0.277. The summed E-state index contributed by atoms with van der Waals surface area (Å²) >= 11 is 0. The molecule has 0 aromatic heterocycles. The molecule has 3 rings (SSSR count). The van der Waals surface area contributed by atoms with E-state index < -0.39 is 15.4 Å². The maximum absolute atomic E-state index is 11.6. The highest BCUT2D eigenvalue weighted by atomic mass is 32.2. The van der Waals surface area contributed by atoms with Crippen molar-refractivity contribution in [2.45, 2.75) is 36.2 Å². The van der Waals surface area contributed by atoms with E-state index in [1.165, 1.54) is 6.26 Å². The number of nitrogens with zero attached hydrogens (tertiary/aromatic N) is 2. The second-order valence-corrected chi connectivity index (χ2v) is 8.78. The Morgan fingerprint density at radius 2 is 1.92 bits per heavy atom. The maximum Gasteiger partial charge on any atom is 0.175 e. The lowest BCUT2D eigenvalue weighted by molar-refractivity contribution is 0.0794. The van der Waals surface area contributed by atoms with Crippen LogP contribution in [0.2, 0.25) is 0 Å². The highest BCUT2D eigenvalue weighted by molar-refractivity contribution is 7.90. The van der Waals surface area contributed by atoms with Crippen molar-refractivity contribution in [1.82, 2.24) is 15.8 Å². The second kappa shape index (κ2) is 6.44. The Bertz CT molecular complexity index is 726. The molecular weight excluding hydrogens is 328 g/mol. The molecule has 7 nitrogen and oxygen atoms in total. The molecule has 2 aliphatic heterocycles. The first-order valence-electron chi connectivity index (χ1n) is 8.12. The lowest BCUT2D eigenvalue weighted by Gasteiger charge is -2.32. The van der Waals surface area contributed by atoms with Gasteiger partial charge in [0, 0.05) is 12.3 Å². The summed E-state index contributed by atoms with van der Waals surface area (Å²) in [6.45, 7) is 4.42. The summed E-state index contributed by atoms with van der Waals surface area (Å²) in [6.07, 6.45) is 3.23. The van der Waals surface area contributed by atoms with Crippen LogP contribution in [-0.2, 0) is 9.84 Å². The standard InChI is InChI=1S/C16H24N4O3S/c1-16(19-21)11-20(13-7-9-17-10-8-13)18-15(16)12-3-5-14(6-4-12)24(2,22)23/h3-6,13,17,19,21H,7-11H2,1-2H3. The number of hydrazone groups is 1. The average molecular weight is 352 g/mol. The third-order valence-electron chi connectivity index (χ3n) is 4.76. The van der Waals surface area contributed by atoms with E-state index in [0.29, 0.717) is 12.6 Å². The van der Waals surface area contributed by atoms with Crippen LogP contribution in [0.5, 0.6) is 0 Å². The largest absolute Gasteiger partial charge is 0.317 e. The highest BCUT2D eigenvalue weighted by Crippen LogP contribution is 2.27. The fourth-order valence-electron chi connectivity index (χ4n) is 3.31. The normalized spacial score (nSPS) is 25.8. The summed E-state index contributed by atoms with van der Waals surface area (Å²) in [7, 11) is -3.23. The van der Waals surface area contributed by atoms with Crippen molar-refractivity contribution in [3.05, 3.63) is 29.8 Å². The summed E-state index contributed by atoms with van der Waals surface area (Å²) in [5.74, 6) is 0. The van der Waals surface area contributed by atoms with Gasteiger partial charge in [0.05, 0.1) is 17.2 Å². The van der Waals surface area contributed by atoms with Crippen LogP contribution in [0.25, 0.3) is 0 Å². The summed E-state index contributed by atoms with van der Waals surface area (Å²) in [5, 5.41) is 19.8. The van der Waals surface area contributed by atoms with Crippen molar-refractivity contribution >= 4 is 15.5 Å². The SMILES string of the molecule is CC1(NO)CN(C2CCNCC2)N=C1c1ccc(S(C)(=O)=O)cc1.